The number of likely N-dealkylation sites (tertiary alicyclic amines) is 1. The molecule has 22 heavy (non-hydrogen) atoms. The van der Waals surface area contributed by atoms with Gasteiger partial charge in [-0.15, -0.1) is 12.4 Å². The number of hydrogen-bond acceptors (Lipinski definition) is 4. The van der Waals surface area contributed by atoms with Crippen LogP contribution in [0.5, 0.6) is 11.5 Å². The lowest BCUT2D eigenvalue weighted by molar-refractivity contribution is 0.273. The van der Waals surface area contributed by atoms with E-state index in [1.807, 2.05) is 0 Å². The summed E-state index contributed by atoms with van der Waals surface area (Å²) < 4.78 is 12.5. The summed E-state index contributed by atoms with van der Waals surface area (Å²) in [6.07, 6.45) is 2.10. The van der Waals surface area contributed by atoms with Gasteiger partial charge in [0.25, 0.3) is 0 Å². The Morgan fingerprint density at radius 3 is 2.82 bits per heavy atom. The second-order valence-corrected chi connectivity index (χ2v) is 7.29. The molecule has 0 aromatic heterocycles. The van der Waals surface area contributed by atoms with Crippen molar-refractivity contribution in [1.82, 2.24) is 4.90 Å². The molecular formula is C16H24BrClN2O2. The van der Waals surface area contributed by atoms with Crippen LogP contribution in [0.15, 0.2) is 16.6 Å². The van der Waals surface area contributed by atoms with Crippen LogP contribution < -0.4 is 15.2 Å². The van der Waals surface area contributed by atoms with Gasteiger partial charge < -0.3 is 15.2 Å². The van der Waals surface area contributed by atoms with Crippen LogP contribution in [0.2, 0.25) is 0 Å². The summed E-state index contributed by atoms with van der Waals surface area (Å²) in [4.78, 5) is 2.47. The smallest absolute Gasteiger partial charge is 0.175 e. The Bertz CT molecular complexity index is 529. The van der Waals surface area contributed by atoms with E-state index in [2.05, 4.69) is 39.9 Å². The molecule has 1 aromatic rings. The van der Waals surface area contributed by atoms with E-state index in [1.54, 1.807) is 0 Å². The minimum Gasteiger partial charge on any atom is -0.490 e. The fourth-order valence-electron chi connectivity index (χ4n) is 3.06. The summed E-state index contributed by atoms with van der Waals surface area (Å²) in [7, 11) is 0. The summed E-state index contributed by atoms with van der Waals surface area (Å²) in [6, 6.07) is 4.26. The maximum absolute atomic E-state index is 5.89. The Morgan fingerprint density at radius 2 is 2.09 bits per heavy atom. The summed E-state index contributed by atoms with van der Waals surface area (Å²) in [5.41, 5.74) is 7.41. The third-order valence-electron chi connectivity index (χ3n) is 4.40. The standard InChI is InChI=1S/C16H23BrN2O2.ClH/c1-16(10-18)3-4-19(11-16)9-12-7-13(17)15-14(8-12)20-5-2-6-21-15;/h7-8H,2-6,9-11,18H2,1H3;1H. The number of rotatable bonds is 3. The first kappa shape index (κ1) is 17.9. The molecule has 0 radical (unpaired) electrons. The van der Waals surface area contributed by atoms with E-state index in [4.69, 9.17) is 15.2 Å². The number of benzene rings is 1. The number of halogens is 2. The number of nitrogens with two attached hydrogens (primary N) is 1. The fourth-order valence-corrected chi connectivity index (χ4v) is 3.67. The minimum atomic E-state index is 0. The number of hydrogen-bond donors (Lipinski definition) is 1. The monoisotopic (exact) mass is 390 g/mol. The van der Waals surface area contributed by atoms with Crippen LogP contribution in [0.25, 0.3) is 0 Å². The molecule has 0 saturated carbocycles. The van der Waals surface area contributed by atoms with Crippen molar-refractivity contribution in [2.75, 3.05) is 32.8 Å². The van der Waals surface area contributed by atoms with Crippen LogP contribution in [0.1, 0.15) is 25.3 Å². The molecule has 3 rings (SSSR count). The third kappa shape index (κ3) is 3.88. The first-order valence-electron chi connectivity index (χ1n) is 7.60. The van der Waals surface area contributed by atoms with E-state index in [1.165, 1.54) is 12.0 Å². The Morgan fingerprint density at radius 1 is 1.32 bits per heavy atom. The highest BCUT2D eigenvalue weighted by atomic mass is 79.9. The van der Waals surface area contributed by atoms with Gasteiger partial charge in [-0.3, -0.25) is 4.90 Å². The van der Waals surface area contributed by atoms with Gasteiger partial charge in [0.15, 0.2) is 11.5 Å². The van der Waals surface area contributed by atoms with E-state index in [0.717, 1.165) is 55.2 Å². The molecule has 0 aliphatic carbocycles. The maximum atomic E-state index is 5.89. The van der Waals surface area contributed by atoms with Gasteiger partial charge in [-0.05, 0) is 58.6 Å². The molecule has 0 spiro atoms. The van der Waals surface area contributed by atoms with E-state index in [-0.39, 0.29) is 17.8 Å². The van der Waals surface area contributed by atoms with Gasteiger partial charge in [0.2, 0.25) is 0 Å². The summed E-state index contributed by atoms with van der Waals surface area (Å²) in [5.74, 6) is 1.70. The maximum Gasteiger partial charge on any atom is 0.175 e. The molecule has 2 heterocycles. The summed E-state index contributed by atoms with van der Waals surface area (Å²) in [5, 5.41) is 0. The third-order valence-corrected chi connectivity index (χ3v) is 4.99. The lowest BCUT2D eigenvalue weighted by Crippen LogP contribution is -2.31. The van der Waals surface area contributed by atoms with Crippen molar-refractivity contribution >= 4 is 28.3 Å². The van der Waals surface area contributed by atoms with Crippen molar-refractivity contribution in [3.63, 3.8) is 0 Å². The lowest BCUT2D eigenvalue weighted by atomic mass is 9.90. The van der Waals surface area contributed by atoms with Crippen molar-refractivity contribution in [3.8, 4) is 11.5 Å². The predicted octanol–water partition coefficient (Wildman–Crippen LogP) is 3.20. The highest BCUT2D eigenvalue weighted by Crippen LogP contribution is 2.39. The highest BCUT2D eigenvalue weighted by molar-refractivity contribution is 9.10. The molecule has 2 N–H and O–H groups in total. The van der Waals surface area contributed by atoms with Gasteiger partial charge in [-0.2, -0.15) is 0 Å². The van der Waals surface area contributed by atoms with E-state index < -0.39 is 0 Å². The second kappa shape index (κ2) is 7.39. The molecule has 1 fully saturated rings. The number of fused-ring (bicyclic) bond motifs is 1. The molecule has 2 aliphatic rings. The van der Waals surface area contributed by atoms with Crippen LogP contribution in [0.4, 0.5) is 0 Å². The zero-order valence-electron chi connectivity index (χ0n) is 12.9. The van der Waals surface area contributed by atoms with Crippen molar-refractivity contribution in [3.05, 3.63) is 22.2 Å². The van der Waals surface area contributed by atoms with E-state index in [0.29, 0.717) is 6.61 Å². The van der Waals surface area contributed by atoms with Crippen LogP contribution in [0.3, 0.4) is 0 Å². The quantitative estimate of drug-likeness (QED) is 0.859. The number of nitrogens with zero attached hydrogens (tertiary/aromatic N) is 1. The van der Waals surface area contributed by atoms with Crippen molar-refractivity contribution < 1.29 is 9.47 Å². The molecular weight excluding hydrogens is 368 g/mol. The Kier molecular flexibility index (Phi) is 6.00. The second-order valence-electron chi connectivity index (χ2n) is 6.43. The SMILES string of the molecule is CC1(CN)CCN(Cc2cc(Br)c3c(c2)OCCCO3)C1.Cl. The van der Waals surface area contributed by atoms with E-state index in [9.17, 15) is 0 Å². The molecule has 124 valence electrons. The molecule has 6 heteroatoms. The molecule has 0 amide bonds. The van der Waals surface area contributed by atoms with E-state index >= 15 is 0 Å². The molecule has 2 aliphatic heterocycles. The summed E-state index contributed by atoms with van der Waals surface area (Å²) >= 11 is 3.61. The zero-order valence-corrected chi connectivity index (χ0v) is 15.3. The topological polar surface area (TPSA) is 47.7 Å². The van der Waals surface area contributed by atoms with Crippen molar-refractivity contribution in [2.24, 2.45) is 11.1 Å². The Hall–Kier alpha value is -0.490. The first-order valence-corrected chi connectivity index (χ1v) is 8.39. The average molecular weight is 392 g/mol. The van der Waals surface area contributed by atoms with Gasteiger partial charge >= 0.3 is 0 Å². The predicted molar refractivity (Wildman–Crippen MR) is 94.1 cm³/mol. The molecule has 1 saturated heterocycles. The fraction of sp³-hybridized carbons (Fsp3) is 0.625. The van der Waals surface area contributed by atoms with Crippen LogP contribution >= 0.6 is 28.3 Å². The van der Waals surface area contributed by atoms with Crippen LogP contribution in [-0.4, -0.2) is 37.7 Å². The van der Waals surface area contributed by atoms with Gasteiger partial charge in [-0.25, -0.2) is 0 Å². The molecule has 4 nitrogen and oxygen atoms in total. The van der Waals surface area contributed by atoms with Crippen molar-refractivity contribution in [2.45, 2.75) is 26.3 Å². The van der Waals surface area contributed by atoms with Crippen molar-refractivity contribution in [1.29, 1.82) is 0 Å². The van der Waals surface area contributed by atoms with Gasteiger partial charge in [0.1, 0.15) is 0 Å². The first-order chi connectivity index (χ1) is 10.1. The molecule has 1 aromatic carbocycles. The lowest BCUT2D eigenvalue weighted by Gasteiger charge is -2.23. The van der Waals surface area contributed by atoms with Gasteiger partial charge in [-0.1, -0.05) is 6.92 Å². The number of ether oxygens (including phenoxy) is 2. The largest absolute Gasteiger partial charge is 0.490 e. The minimum absolute atomic E-state index is 0. The zero-order chi connectivity index (χ0) is 14.9. The normalized spacial score (nSPS) is 24.7. The highest BCUT2D eigenvalue weighted by Gasteiger charge is 2.32. The van der Waals surface area contributed by atoms with Crippen LogP contribution in [0, 0.1) is 5.41 Å². The molecule has 1 atom stereocenters. The molecule has 1 unspecified atom stereocenters. The Balaban J connectivity index is 0.00000176. The Labute approximate surface area is 146 Å². The van der Waals surface area contributed by atoms with Gasteiger partial charge in [0, 0.05) is 19.5 Å². The molecule has 0 bridgehead atoms. The summed E-state index contributed by atoms with van der Waals surface area (Å²) in [6.45, 7) is 7.58. The van der Waals surface area contributed by atoms with Crippen LogP contribution in [-0.2, 0) is 6.54 Å². The average Bonchev–Trinajstić information content (AvgIpc) is 2.68. The van der Waals surface area contributed by atoms with Gasteiger partial charge in [0.05, 0.1) is 17.7 Å².